The predicted octanol–water partition coefficient (Wildman–Crippen LogP) is 4.28. The van der Waals surface area contributed by atoms with E-state index in [4.69, 9.17) is 9.47 Å². The maximum Gasteiger partial charge on any atom is 0.226 e. The summed E-state index contributed by atoms with van der Waals surface area (Å²) in [6.07, 6.45) is 1.77. The second-order valence-electron chi connectivity index (χ2n) is 7.18. The minimum absolute atomic E-state index is 0.0632. The van der Waals surface area contributed by atoms with E-state index < -0.39 is 0 Å². The number of halogens is 1. The number of ether oxygens (including phenoxy) is 2. The van der Waals surface area contributed by atoms with Gasteiger partial charge in [0.05, 0.1) is 24.6 Å². The molecule has 3 aromatic rings. The molecule has 0 spiro atoms. The van der Waals surface area contributed by atoms with E-state index in [1.807, 2.05) is 32.0 Å². The van der Waals surface area contributed by atoms with Gasteiger partial charge in [-0.15, -0.1) is 0 Å². The summed E-state index contributed by atoms with van der Waals surface area (Å²) < 4.78 is 26.9. The summed E-state index contributed by atoms with van der Waals surface area (Å²) in [6, 6.07) is 11.8. The van der Waals surface area contributed by atoms with Gasteiger partial charge in [0.25, 0.3) is 0 Å². The molecule has 6 nitrogen and oxygen atoms in total. The summed E-state index contributed by atoms with van der Waals surface area (Å²) in [4.78, 5) is 17.1. The lowest BCUT2D eigenvalue weighted by molar-refractivity contribution is -0.116. The standard InChI is InChI=1S/C22H22FN3O3/c1-13(2)29-21-16(8-5-9-18(21)28-3)17-11-19(27)25-22-20(17)24-12-26(22)15-7-4-6-14(23)10-15/h4-10,12-13,17H,11H2,1-3H3,(H,25,27). The molecule has 0 saturated carbocycles. The van der Waals surface area contributed by atoms with E-state index in [0.717, 1.165) is 5.56 Å². The molecule has 29 heavy (non-hydrogen) atoms. The van der Waals surface area contributed by atoms with Crippen molar-refractivity contribution in [1.82, 2.24) is 9.55 Å². The number of anilines is 1. The zero-order chi connectivity index (χ0) is 20.5. The van der Waals surface area contributed by atoms with Crippen molar-refractivity contribution >= 4 is 11.7 Å². The first kappa shape index (κ1) is 19.0. The summed E-state index contributed by atoms with van der Waals surface area (Å²) in [6.45, 7) is 3.88. The molecule has 1 aliphatic rings. The highest BCUT2D eigenvalue weighted by Crippen LogP contribution is 2.44. The predicted molar refractivity (Wildman–Crippen MR) is 107 cm³/mol. The quantitative estimate of drug-likeness (QED) is 0.700. The Morgan fingerprint density at radius 1 is 1.24 bits per heavy atom. The van der Waals surface area contributed by atoms with Crippen LogP contribution in [0.25, 0.3) is 5.69 Å². The zero-order valence-corrected chi connectivity index (χ0v) is 16.5. The van der Waals surface area contributed by atoms with Gasteiger partial charge in [0.1, 0.15) is 18.0 Å². The smallest absolute Gasteiger partial charge is 0.226 e. The number of nitrogens with zero attached hydrogens (tertiary/aromatic N) is 2. The van der Waals surface area contributed by atoms with Gasteiger partial charge in [-0.05, 0) is 38.1 Å². The molecule has 1 N–H and O–H groups in total. The molecule has 1 atom stereocenters. The molecule has 2 aromatic carbocycles. The number of hydrogen-bond acceptors (Lipinski definition) is 4. The lowest BCUT2D eigenvalue weighted by Gasteiger charge is -2.26. The molecule has 150 valence electrons. The van der Waals surface area contributed by atoms with Crippen molar-refractivity contribution in [1.29, 1.82) is 0 Å². The number of carbonyl (C=O) groups excluding carboxylic acids is 1. The monoisotopic (exact) mass is 395 g/mol. The van der Waals surface area contributed by atoms with Crippen molar-refractivity contribution in [2.75, 3.05) is 12.4 Å². The van der Waals surface area contributed by atoms with E-state index in [1.54, 1.807) is 30.1 Å². The fraction of sp³-hybridized carbons (Fsp3) is 0.273. The van der Waals surface area contributed by atoms with Gasteiger partial charge < -0.3 is 14.8 Å². The van der Waals surface area contributed by atoms with Crippen LogP contribution in [0, 0.1) is 5.82 Å². The van der Waals surface area contributed by atoms with E-state index >= 15 is 0 Å². The van der Waals surface area contributed by atoms with Gasteiger partial charge in [0.15, 0.2) is 11.5 Å². The van der Waals surface area contributed by atoms with E-state index in [1.165, 1.54) is 12.1 Å². The molecule has 1 aromatic heterocycles. The number of hydrogen-bond donors (Lipinski definition) is 1. The molecule has 2 heterocycles. The van der Waals surface area contributed by atoms with Crippen LogP contribution in [0.4, 0.5) is 10.2 Å². The summed E-state index contributed by atoms with van der Waals surface area (Å²) in [5, 5.41) is 2.88. The Bertz CT molecular complexity index is 1060. The van der Waals surface area contributed by atoms with Crippen LogP contribution in [0.5, 0.6) is 11.5 Å². The fourth-order valence-corrected chi connectivity index (χ4v) is 3.62. The third kappa shape index (κ3) is 3.55. The van der Waals surface area contributed by atoms with Crippen molar-refractivity contribution < 1.29 is 18.7 Å². The van der Waals surface area contributed by atoms with Crippen molar-refractivity contribution in [3.63, 3.8) is 0 Å². The molecule has 0 saturated heterocycles. The SMILES string of the molecule is COc1cccc(C2CC(=O)Nc3c2ncn3-c2cccc(F)c2)c1OC(C)C. The van der Waals surface area contributed by atoms with Crippen LogP contribution in [-0.4, -0.2) is 28.7 Å². The van der Waals surface area contributed by atoms with Gasteiger partial charge in [-0.1, -0.05) is 18.2 Å². The Balaban J connectivity index is 1.84. The summed E-state index contributed by atoms with van der Waals surface area (Å²) in [5.41, 5.74) is 2.12. The molecular formula is C22H22FN3O3. The number of para-hydroxylation sites is 1. The minimum atomic E-state index is -0.357. The lowest BCUT2D eigenvalue weighted by atomic mass is 9.89. The van der Waals surface area contributed by atoms with Crippen molar-refractivity contribution in [3.8, 4) is 17.2 Å². The molecule has 0 fully saturated rings. The Morgan fingerprint density at radius 2 is 2.03 bits per heavy atom. The zero-order valence-electron chi connectivity index (χ0n) is 16.5. The molecule has 1 amide bonds. The lowest BCUT2D eigenvalue weighted by Crippen LogP contribution is -2.25. The number of benzene rings is 2. The number of aromatic nitrogens is 2. The van der Waals surface area contributed by atoms with Gasteiger partial charge in [-0.3, -0.25) is 9.36 Å². The third-order valence-electron chi connectivity index (χ3n) is 4.82. The maximum absolute atomic E-state index is 13.7. The molecule has 1 unspecified atom stereocenters. The summed E-state index contributed by atoms with van der Waals surface area (Å²) >= 11 is 0. The first-order valence-corrected chi connectivity index (χ1v) is 9.44. The molecular weight excluding hydrogens is 373 g/mol. The summed E-state index contributed by atoms with van der Waals surface area (Å²) in [5.74, 6) is 0.944. The number of nitrogens with one attached hydrogen (secondary N) is 1. The van der Waals surface area contributed by atoms with Crippen LogP contribution < -0.4 is 14.8 Å². The van der Waals surface area contributed by atoms with Crippen molar-refractivity contribution in [2.45, 2.75) is 32.3 Å². The molecule has 7 heteroatoms. The topological polar surface area (TPSA) is 65.4 Å². The van der Waals surface area contributed by atoms with Crippen LogP contribution in [-0.2, 0) is 4.79 Å². The van der Waals surface area contributed by atoms with E-state index in [-0.39, 0.29) is 30.2 Å². The first-order valence-electron chi connectivity index (χ1n) is 9.44. The Morgan fingerprint density at radius 3 is 2.76 bits per heavy atom. The average Bonchev–Trinajstić information content (AvgIpc) is 3.11. The van der Waals surface area contributed by atoms with Gasteiger partial charge in [0.2, 0.25) is 5.91 Å². The maximum atomic E-state index is 13.7. The molecule has 0 radical (unpaired) electrons. The first-order chi connectivity index (χ1) is 14.0. The number of rotatable bonds is 5. The average molecular weight is 395 g/mol. The van der Waals surface area contributed by atoms with Gasteiger partial charge in [-0.25, -0.2) is 9.37 Å². The number of carbonyl (C=O) groups is 1. The minimum Gasteiger partial charge on any atom is -0.493 e. The van der Waals surface area contributed by atoms with E-state index in [9.17, 15) is 9.18 Å². The second-order valence-corrected chi connectivity index (χ2v) is 7.18. The highest BCUT2D eigenvalue weighted by Gasteiger charge is 2.33. The fourth-order valence-electron chi connectivity index (χ4n) is 3.62. The molecule has 1 aliphatic heterocycles. The highest BCUT2D eigenvalue weighted by molar-refractivity contribution is 5.94. The third-order valence-corrected chi connectivity index (χ3v) is 4.82. The van der Waals surface area contributed by atoms with Crippen molar-refractivity contribution in [2.24, 2.45) is 0 Å². The normalized spacial score (nSPS) is 15.8. The Kier molecular flexibility index (Phi) is 4.96. The largest absolute Gasteiger partial charge is 0.493 e. The Hall–Kier alpha value is -3.35. The molecule has 4 rings (SSSR count). The number of methoxy groups -OCH3 is 1. The molecule has 0 bridgehead atoms. The Labute approximate surface area is 168 Å². The van der Waals surface area contributed by atoms with E-state index in [0.29, 0.717) is 28.7 Å². The molecule has 0 aliphatic carbocycles. The van der Waals surface area contributed by atoms with Crippen LogP contribution in [0.3, 0.4) is 0 Å². The van der Waals surface area contributed by atoms with Gasteiger partial charge in [0, 0.05) is 17.9 Å². The second kappa shape index (κ2) is 7.58. The van der Waals surface area contributed by atoms with Crippen LogP contribution in [0.1, 0.15) is 37.4 Å². The highest BCUT2D eigenvalue weighted by atomic mass is 19.1. The number of fused-ring (bicyclic) bond motifs is 1. The van der Waals surface area contributed by atoms with Crippen LogP contribution in [0.15, 0.2) is 48.8 Å². The number of imidazole rings is 1. The number of amides is 1. The van der Waals surface area contributed by atoms with Crippen LogP contribution >= 0.6 is 0 Å². The van der Waals surface area contributed by atoms with Gasteiger partial charge >= 0.3 is 0 Å². The summed E-state index contributed by atoms with van der Waals surface area (Å²) in [7, 11) is 1.59. The van der Waals surface area contributed by atoms with Gasteiger partial charge in [-0.2, -0.15) is 0 Å². The van der Waals surface area contributed by atoms with Crippen molar-refractivity contribution in [3.05, 3.63) is 65.9 Å². The van der Waals surface area contributed by atoms with Crippen LogP contribution in [0.2, 0.25) is 0 Å². The van der Waals surface area contributed by atoms with E-state index in [2.05, 4.69) is 10.3 Å².